The van der Waals surface area contributed by atoms with Crippen LogP contribution in [0, 0.1) is 5.92 Å². The lowest BCUT2D eigenvalue weighted by Gasteiger charge is -2.65. The number of carbonyl (C=O) groups excluding carboxylic acids is 1. The van der Waals surface area contributed by atoms with Gasteiger partial charge < -0.3 is 14.2 Å². The number of ether oxygens (including phenoxy) is 3. The summed E-state index contributed by atoms with van der Waals surface area (Å²) in [5.41, 5.74) is 2.46. The first-order chi connectivity index (χ1) is 20.0. The van der Waals surface area contributed by atoms with Gasteiger partial charge in [-0.25, -0.2) is 13.1 Å². The molecule has 9 heteroatoms. The third kappa shape index (κ3) is 4.47. The van der Waals surface area contributed by atoms with Crippen molar-refractivity contribution in [1.82, 2.24) is 9.62 Å². The first-order valence-electron chi connectivity index (χ1n) is 15.0. The van der Waals surface area contributed by atoms with Crippen LogP contribution in [0.1, 0.15) is 62.3 Å². The first-order valence-corrected chi connectivity index (χ1v) is 16.7. The molecular formula is C33H42N2O6S. The third-order valence-electron chi connectivity index (χ3n) is 9.85. The van der Waals surface area contributed by atoms with Gasteiger partial charge >= 0.3 is 5.97 Å². The Morgan fingerprint density at radius 3 is 2.67 bits per heavy atom. The Balaban J connectivity index is 1.42. The summed E-state index contributed by atoms with van der Waals surface area (Å²) in [6.07, 6.45) is 4.54. The standard InChI is InChI=1S/C33H42N2O6S/c1-6-16-35-17-15-32-29-24-11-12-27(39-5)30(29)40-31(32)26(13-14-33(32,28(35)19-24)41-22(4)36)34-42(37,38)20-25-10-8-7-9-23(25)18-21(2)3/h6-12,21,26,28,31,34H,1,13-20H2,2-5H3/t26-,28-,31+,32+,33-/m1/s1. The summed E-state index contributed by atoms with van der Waals surface area (Å²) in [7, 11) is -2.11. The van der Waals surface area contributed by atoms with Crippen molar-refractivity contribution in [2.45, 2.75) is 87.8 Å². The Hall–Kier alpha value is -2.88. The first kappa shape index (κ1) is 29.2. The third-order valence-corrected chi connectivity index (χ3v) is 11.2. The minimum atomic E-state index is -3.73. The summed E-state index contributed by atoms with van der Waals surface area (Å²) >= 11 is 0. The molecule has 1 saturated carbocycles. The van der Waals surface area contributed by atoms with Crippen LogP contribution < -0.4 is 14.2 Å². The minimum absolute atomic E-state index is 0.0773. The van der Waals surface area contributed by atoms with Gasteiger partial charge in [-0.05, 0) is 60.8 Å². The number of sulfonamides is 1. The van der Waals surface area contributed by atoms with Crippen molar-refractivity contribution in [2.75, 3.05) is 20.2 Å². The zero-order valence-corrected chi connectivity index (χ0v) is 25.8. The fourth-order valence-corrected chi connectivity index (χ4v) is 10.0. The predicted octanol–water partition coefficient (Wildman–Crippen LogP) is 4.29. The Morgan fingerprint density at radius 1 is 1.21 bits per heavy atom. The van der Waals surface area contributed by atoms with Crippen LogP contribution in [0.4, 0.5) is 0 Å². The van der Waals surface area contributed by atoms with Crippen molar-refractivity contribution in [3.63, 3.8) is 0 Å². The van der Waals surface area contributed by atoms with E-state index in [1.54, 1.807) is 7.11 Å². The molecule has 1 spiro atoms. The summed E-state index contributed by atoms with van der Waals surface area (Å²) in [5.74, 6) is 1.25. The van der Waals surface area contributed by atoms with Gasteiger partial charge in [0.05, 0.1) is 30.4 Å². The smallest absolute Gasteiger partial charge is 0.303 e. The highest BCUT2D eigenvalue weighted by atomic mass is 32.2. The van der Waals surface area contributed by atoms with Gasteiger partial charge in [0, 0.05) is 25.6 Å². The average Bonchev–Trinajstić information content (AvgIpc) is 3.28. The van der Waals surface area contributed by atoms with Crippen molar-refractivity contribution in [1.29, 1.82) is 0 Å². The molecule has 2 aliphatic heterocycles. The molecule has 2 bridgehead atoms. The molecule has 6 rings (SSSR count). The van der Waals surface area contributed by atoms with Gasteiger partial charge in [0.2, 0.25) is 10.0 Å². The summed E-state index contributed by atoms with van der Waals surface area (Å²) in [4.78, 5) is 15.2. The van der Waals surface area contributed by atoms with Gasteiger partial charge in [-0.1, -0.05) is 50.3 Å². The SMILES string of the molecule is C=CCN1CC[C@]23c4c5ccc(OC)c4O[C@H]2[C@H](NS(=O)(=O)Cc2ccccc2CC(C)C)CC[C@@]3(OC(C)=O)[C@H]1C5. The van der Waals surface area contributed by atoms with Gasteiger partial charge in [0.25, 0.3) is 0 Å². The molecule has 2 aromatic rings. The topological polar surface area (TPSA) is 94.2 Å². The molecule has 4 aliphatic rings. The molecule has 0 amide bonds. The van der Waals surface area contributed by atoms with Crippen molar-refractivity contribution >= 4 is 16.0 Å². The summed E-state index contributed by atoms with van der Waals surface area (Å²) < 4.78 is 49.7. The zero-order chi connectivity index (χ0) is 29.9. The molecular weight excluding hydrogens is 552 g/mol. The molecule has 1 saturated heterocycles. The van der Waals surface area contributed by atoms with Gasteiger partial charge in [-0.3, -0.25) is 9.69 Å². The number of carbonyl (C=O) groups is 1. The normalized spacial score (nSPS) is 29.5. The number of benzene rings is 2. The van der Waals surface area contributed by atoms with Crippen molar-refractivity contribution in [3.05, 3.63) is 71.3 Å². The maximum Gasteiger partial charge on any atom is 0.303 e. The molecule has 2 heterocycles. The van der Waals surface area contributed by atoms with E-state index in [2.05, 4.69) is 36.1 Å². The maximum atomic E-state index is 13.8. The number of esters is 1. The van der Waals surface area contributed by atoms with E-state index >= 15 is 0 Å². The number of rotatable bonds is 10. The lowest BCUT2D eigenvalue weighted by atomic mass is 9.48. The van der Waals surface area contributed by atoms with Gasteiger partial charge in [-0.15, -0.1) is 6.58 Å². The van der Waals surface area contributed by atoms with Gasteiger partial charge in [-0.2, -0.15) is 0 Å². The minimum Gasteiger partial charge on any atom is -0.493 e. The fourth-order valence-electron chi connectivity index (χ4n) is 8.54. The maximum absolute atomic E-state index is 13.8. The predicted molar refractivity (Wildman–Crippen MR) is 161 cm³/mol. The highest BCUT2D eigenvalue weighted by molar-refractivity contribution is 7.88. The molecule has 2 aliphatic carbocycles. The summed E-state index contributed by atoms with van der Waals surface area (Å²) in [6, 6.07) is 11.2. The number of methoxy groups -OCH3 is 1. The molecule has 226 valence electrons. The molecule has 0 aromatic heterocycles. The van der Waals surface area contributed by atoms with E-state index in [0.717, 1.165) is 35.2 Å². The van der Waals surface area contributed by atoms with Crippen LogP contribution >= 0.6 is 0 Å². The average molecular weight is 595 g/mol. The Bertz CT molecular complexity index is 1510. The number of hydrogen-bond donors (Lipinski definition) is 1. The van der Waals surface area contributed by atoms with Crippen LogP contribution in [0.2, 0.25) is 0 Å². The number of hydrogen-bond acceptors (Lipinski definition) is 7. The Labute approximate surface area is 249 Å². The molecule has 2 aromatic carbocycles. The molecule has 0 unspecified atom stereocenters. The zero-order valence-electron chi connectivity index (χ0n) is 25.0. The Morgan fingerprint density at radius 2 is 1.98 bits per heavy atom. The van der Waals surface area contributed by atoms with Gasteiger partial charge in [0.1, 0.15) is 11.7 Å². The molecule has 8 nitrogen and oxygen atoms in total. The molecule has 2 fully saturated rings. The fraction of sp³-hybridized carbons (Fsp3) is 0.545. The van der Waals surface area contributed by atoms with E-state index in [9.17, 15) is 13.2 Å². The van der Waals surface area contributed by atoms with E-state index < -0.39 is 33.2 Å². The number of likely N-dealkylation sites (tertiary alicyclic amines) is 1. The lowest BCUT2D eigenvalue weighted by molar-refractivity contribution is -0.217. The summed E-state index contributed by atoms with van der Waals surface area (Å²) in [5, 5.41) is 0. The number of piperidine rings is 1. The molecule has 5 atom stereocenters. The molecule has 42 heavy (non-hydrogen) atoms. The highest BCUT2D eigenvalue weighted by Gasteiger charge is 2.75. The van der Waals surface area contributed by atoms with Crippen molar-refractivity contribution in [3.8, 4) is 11.5 Å². The van der Waals surface area contributed by atoms with Crippen LogP contribution in [0.25, 0.3) is 0 Å². The second-order valence-electron chi connectivity index (χ2n) is 12.8. The van der Waals surface area contributed by atoms with E-state index in [1.807, 2.05) is 36.4 Å². The summed E-state index contributed by atoms with van der Waals surface area (Å²) in [6.45, 7) is 11.2. The largest absolute Gasteiger partial charge is 0.493 e. The van der Waals surface area contributed by atoms with Gasteiger partial charge in [0.15, 0.2) is 11.5 Å². The van der Waals surface area contributed by atoms with E-state index in [-0.39, 0.29) is 17.8 Å². The van der Waals surface area contributed by atoms with E-state index in [0.29, 0.717) is 49.6 Å². The molecule has 0 radical (unpaired) electrons. The van der Waals surface area contributed by atoms with Crippen LogP contribution in [0.5, 0.6) is 11.5 Å². The van der Waals surface area contributed by atoms with Crippen LogP contribution in [0.3, 0.4) is 0 Å². The Kier molecular flexibility index (Phi) is 7.43. The van der Waals surface area contributed by atoms with Crippen LogP contribution in [-0.2, 0) is 43.6 Å². The second-order valence-corrected chi connectivity index (χ2v) is 14.5. The van der Waals surface area contributed by atoms with E-state index in [4.69, 9.17) is 14.2 Å². The second kappa shape index (κ2) is 10.7. The quantitative estimate of drug-likeness (QED) is 0.324. The lowest BCUT2D eigenvalue weighted by Crippen LogP contribution is -2.79. The van der Waals surface area contributed by atoms with Crippen molar-refractivity contribution < 1.29 is 27.4 Å². The van der Waals surface area contributed by atoms with Crippen LogP contribution in [0.15, 0.2) is 49.1 Å². The number of nitrogens with zero attached hydrogens (tertiary/aromatic N) is 1. The van der Waals surface area contributed by atoms with Crippen molar-refractivity contribution in [2.24, 2.45) is 5.92 Å². The number of nitrogens with one attached hydrogen (secondary N) is 1. The van der Waals surface area contributed by atoms with E-state index in [1.165, 1.54) is 6.92 Å². The van der Waals surface area contributed by atoms with Crippen LogP contribution in [-0.4, -0.2) is 63.3 Å². The molecule has 1 N–H and O–H groups in total. The highest BCUT2D eigenvalue weighted by Crippen LogP contribution is 2.66. The monoisotopic (exact) mass is 594 g/mol.